The maximum Gasteiger partial charge on any atom is 0.242 e. The summed E-state index contributed by atoms with van der Waals surface area (Å²) < 4.78 is 1.63. The molecular weight excluding hydrogens is 204 g/mol. The number of aromatic nitrogens is 2. The average molecular weight is 224 g/mol. The Hall–Kier alpha value is -1.36. The van der Waals surface area contributed by atoms with Crippen molar-refractivity contribution in [3.8, 4) is 0 Å². The van der Waals surface area contributed by atoms with Gasteiger partial charge in [-0.05, 0) is 12.3 Å². The normalized spacial score (nSPS) is 13.6. The van der Waals surface area contributed by atoms with Crippen LogP contribution < -0.4 is 11.1 Å². The van der Waals surface area contributed by atoms with Crippen LogP contribution in [0.25, 0.3) is 0 Å². The number of carbonyl (C=O) groups excluding carboxylic acids is 1. The molecule has 90 valence electrons. The van der Waals surface area contributed by atoms with Crippen LogP contribution in [0.2, 0.25) is 0 Å². The summed E-state index contributed by atoms with van der Waals surface area (Å²) in [5.41, 5.74) is 6.47. The number of anilines is 1. The van der Waals surface area contributed by atoms with Gasteiger partial charge in [0.25, 0.3) is 0 Å². The average Bonchev–Trinajstić information content (AvgIpc) is 2.42. The van der Waals surface area contributed by atoms with E-state index in [9.17, 15) is 4.79 Å². The molecular formula is C11H20N4O. The van der Waals surface area contributed by atoms with Crippen molar-refractivity contribution in [2.75, 3.05) is 5.32 Å². The van der Waals surface area contributed by atoms with Gasteiger partial charge in [0.1, 0.15) is 5.82 Å². The Bertz CT molecular complexity index is 389. The van der Waals surface area contributed by atoms with Crippen LogP contribution in [0.15, 0.2) is 6.07 Å². The van der Waals surface area contributed by atoms with Crippen LogP contribution in [0.3, 0.4) is 0 Å². The minimum Gasteiger partial charge on any atom is -0.319 e. The number of aryl methyl sites for hydroxylation is 2. The number of amides is 1. The fraction of sp³-hybridized carbons (Fsp3) is 0.636. The largest absolute Gasteiger partial charge is 0.319 e. The van der Waals surface area contributed by atoms with Crippen molar-refractivity contribution in [1.82, 2.24) is 9.78 Å². The summed E-state index contributed by atoms with van der Waals surface area (Å²) in [6, 6.07) is 1.27. The Kier molecular flexibility index (Phi) is 3.38. The second kappa shape index (κ2) is 4.25. The Morgan fingerprint density at radius 2 is 2.12 bits per heavy atom. The number of hydrogen-bond acceptors (Lipinski definition) is 3. The lowest BCUT2D eigenvalue weighted by atomic mass is 9.87. The fourth-order valence-electron chi connectivity index (χ4n) is 1.32. The van der Waals surface area contributed by atoms with Gasteiger partial charge in [-0.2, -0.15) is 5.10 Å². The molecule has 5 heteroatoms. The first-order valence-electron chi connectivity index (χ1n) is 5.29. The van der Waals surface area contributed by atoms with Crippen molar-refractivity contribution in [2.24, 2.45) is 18.2 Å². The van der Waals surface area contributed by atoms with Gasteiger partial charge in [0.2, 0.25) is 5.91 Å². The number of nitrogens with zero attached hydrogens (tertiary/aromatic N) is 2. The molecule has 1 amide bonds. The highest BCUT2D eigenvalue weighted by molar-refractivity contribution is 5.94. The van der Waals surface area contributed by atoms with Crippen LogP contribution >= 0.6 is 0 Å². The predicted octanol–water partition coefficient (Wildman–Crippen LogP) is 1.04. The zero-order chi connectivity index (χ0) is 12.5. The van der Waals surface area contributed by atoms with Crippen LogP contribution in [0, 0.1) is 12.3 Å². The van der Waals surface area contributed by atoms with Crippen LogP contribution in [0.4, 0.5) is 5.82 Å². The monoisotopic (exact) mass is 224 g/mol. The first-order valence-corrected chi connectivity index (χ1v) is 5.29. The molecule has 1 rings (SSSR count). The van der Waals surface area contributed by atoms with E-state index in [1.54, 1.807) is 11.7 Å². The van der Waals surface area contributed by atoms with Gasteiger partial charge < -0.3 is 11.1 Å². The van der Waals surface area contributed by atoms with Crippen molar-refractivity contribution >= 4 is 11.7 Å². The molecule has 0 spiro atoms. The molecule has 0 radical (unpaired) electrons. The molecule has 1 atom stereocenters. The van der Waals surface area contributed by atoms with Gasteiger partial charge in [-0.1, -0.05) is 20.8 Å². The van der Waals surface area contributed by atoms with E-state index < -0.39 is 6.04 Å². The van der Waals surface area contributed by atoms with Gasteiger partial charge in [0.15, 0.2) is 0 Å². The van der Waals surface area contributed by atoms with E-state index in [1.807, 2.05) is 33.8 Å². The molecule has 16 heavy (non-hydrogen) atoms. The molecule has 1 aromatic rings. The summed E-state index contributed by atoms with van der Waals surface area (Å²) >= 11 is 0. The number of nitrogens with one attached hydrogen (secondary N) is 1. The molecule has 5 nitrogen and oxygen atoms in total. The lowest BCUT2D eigenvalue weighted by molar-refractivity contribution is -0.119. The first kappa shape index (κ1) is 12.7. The zero-order valence-electron chi connectivity index (χ0n) is 10.5. The Morgan fingerprint density at radius 1 is 1.56 bits per heavy atom. The third kappa shape index (κ3) is 2.82. The van der Waals surface area contributed by atoms with E-state index in [2.05, 4.69) is 10.4 Å². The molecule has 0 saturated heterocycles. The molecule has 0 unspecified atom stereocenters. The van der Waals surface area contributed by atoms with E-state index in [4.69, 9.17) is 5.73 Å². The predicted molar refractivity (Wildman–Crippen MR) is 64.0 cm³/mol. The third-order valence-corrected chi connectivity index (χ3v) is 2.47. The van der Waals surface area contributed by atoms with Crippen molar-refractivity contribution in [2.45, 2.75) is 33.7 Å². The summed E-state index contributed by atoms with van der Waals surface area (Å²) in [5, 5.41) is 6.92. The molecule has 1 heterocycles. The topological polar surface area (TPSA) is 72.9 Å². The Morgan fingerprint density at radius 3 is 2.50 bits per heavy atom. The number of carbonyl (C=O) groups is 1. The van der Waals surface area contributed by atoms with E-state index in [0.717, 1.165) is 5.69 Å². The number of nitrogens with two attached hydrogens (primary N) is 1. The highest BCUT2D eigenvalue weighted by Crippen LogP contribution is 2.19. The van der Waals surface area contributed by atoms with Crippen LogP contribution in [0.1, 0.15) is 26.5 Å². The molecule has 0 saturated carbocycles. The third-order valence-electron chi connectivity index (χ3n) is 2.47. The highest BCUT2D eigenvalue weighted by Gasteiger charge is 2.27. The van der Waals surface area contributed by atoms with Crippen LogP contribution in [-0.4, -0.2) is 21.7 Å². The van der Waals surface area contributed by atoms with Crippen molar-refractivity contribution < 1.29 is 4.79 Å². The van der Waals surface area contributed by atoms with Gasteiger partial charge in [-0.3, -0.25) is 9.48 Å². The van der Waals surface area contributed by atoms with Crippen molar-refractivity contribution in [1.29, 1.82) is 0 Å². The second-order valence-electron chi connectivity index (χ2n) is 5.13. The van der Waals surface area contributed by atoms with E-state index in [-0.39, 0.29) is 11.3 Å². The summed E-state index contributed by atoms with van der Waals surface area (Å²) in [6.07, 6.45) is 0. The highest BCUT2D eigenvalue weighted by atomic mass is 16.2. The standard InChI is InChI=1S/C11H20N4O/c1-7-6-8(15(5)14-7)13-10(16)9(12)11(2,3)4/h6,9H,12H2,1-5H3,(H,13,16)/t9-/m1/s1. The summed E-state index contributed by atoms with van der Waals surface area (Å²) in [4.78, 5) is 11.8. The van der Waals surface area contributed by atoms with Crippen molar-refractivity contribution in [3.05, 3.63) is 11.8 Å². The lowest BCUT2D eigenvalue weighted by Gasteiger charge is -2.25. The molecule has 0 aliphatic carbocycles. The summed E-state index contributed by atoms with van der Waals surface area (Å²) in [6.45, 7) is 7.68. The molecule has 3 N–H and O–H groups in total. The summed E-state index contributed by atoms with van der Waals surface area (Å²) in [7, 11) is 1.78. The van der Waals surface area contributed by atoms with Gasteiger partial charge in [0.05, 0.1) is 11.7 Å². The minimum atomic E-state index is -0.539. The summed E-state index contributed by atoms with van der Waals surface area (Å²) in [5.74, 6) is 0.484. The number of rotatable bonds is 2. The van der Waals surface area contributed by atoms with Crippen molar-refractivity contribution in [3.63, 3.8) is 0 Å². The maximum absolute atomic E-state index is 11.8. The van der Waals surface area contributed by atoms with Gasteiger partial charge in [0, 0.05) is 13.1 Å². The van der Waals surface area contributed by atoms with Gasteiger partial charge >= 0.3 is 0 Å². The molecule has 0 fully saturated rings. The second-order valence-corrected chi connectivity index (χ2v) is 5.13. The number of hydrogen-bond donors (Lipinski definition) is 2. The van der Waals surface area contributed by atoms with E-state index >= 15 is 0 Å². The van der Waals surface area contributed by atoms with Gasteiger partial charge in [-0.25, -0.2) is 0 Å². The fourth-order valence-corrected chi connectivity index (χ4v) is 1.32. The molecule has 0 bridgehead atoms. The zero-order valence-corrected chi connectivity index (χ0v) is 10.5. The molecule has 1 aromatic heterocycles. The van der Waals surface area contributed by atoms with Crippen LogP contribution in [-0.2, 0) is 11.8 Å². The Balaban J connectivity index is 2.76. The minimum absolute atomic E-state index is 0.185. The maximum atomic E-state index is 11.8. The first-order chi connectivity index (χ1) is 7.21. The lowest BCUT2D eigenvalue weighted by Crippen LogP contribution is -2.45. The quantitative estimate of drug-likeness (QED) is 0.788. The molecule has 0 aliphatic rings. The van der Waals surface area contributed by atoms with Crippen LogP contribution in [0.5, 0.6) is 0 Å². The van der Waals surface area contributed by atoms with E-state index in [0.29, 0.717) is 5.82 Å². The molecule has 0 aliphatic heterocycles. The SMILES string of the molecule is Cc1cc(NC(=O)[C@@H](N)C(C)(C)C)n(C)n1. The van der Waals surface area contributed by atoms with Gasteiger partial charge in [-0.15, -0.1) is 0 Å². The smallest absolute Gasteiger partial charge is 0.242 e. The molecule has 0 aromatic carbocycles. The van der Waals surface area contributed by atoms with E-state index in [1.165, 1.54) is 0 Å². The Labute approximate surface area is 96.0 Å².